The first-order valence-electron chi connectivity index (χ1n) is 7.24. The lowest BCUT2D eigenvalue weighted by atomic mass is 9.74. The van der Waals surface area contributed by atoms with Crippen molar-refractivity contribution in [2.24, 2.45) is 12.5 Å². The SMILES string of the molecule is CCc1nn(C)cc1C(O)C1(C#N)CCCCCC1. The fourth-order valence-corrected chi connectivity index (χ4v) is 3.16. The zero-order valence-electron chi connectivity index (χ0n) is 11.9. The molecule has 0 saturated heterocycles. The van der Waals surface area contributed by atoms with Crippen LogP contribution in [0.3, 0.4) is 0 Å². The van der Waals surface area contributed by atoms with E-state index in [2.05, 4.69) is 11.2 Å². The molecule has 0 bridgehead atoms. The zero-order chi connectivity index (χ0) is 13.9. The van der Waals surface area contributed by atoms with Crippen molar-refractivity contribution in [2.45, 2.75) is 58.0 Å². The molecule has 19 heavy (non-hydrogen) atoms. The van der Waals surface area contributed by atoms with Crippen LogP contribution in [0.5, 0.6) is 0 Å². The molecule has 1 aliphatic rings. The molecular weight excluding hydrogens is 238 g/mol. The highest BCUT2D eigenvalue weighted by molar-refractivity contribution is 5.25. The minimum atomic E-state index is -0.709. The van der Waals surface area contributed by atoms with Gasteiger partial charge in [0.1, 0.15) is 6.10 Å². The van der Waals surface area contributed by atoms with Crippen LogP contribution in [-0.4, -0.2) is 14.9 Å². The third kappa shape index (κ3) is 2.66. The Morgan fingerprint density at radius 3 is 2.58 bits per heavy atom. The summed E-state index contributed by atoms with van der Waals surface area (Å²) in [6, 6.07) is 2.43. The van der Waals surface area contributed by atoms with Crippen LogP contribution < -0.4 is 0 Å². The van der Waals surface area contributed by atoms with Crippen molar-refractivity contribution < 1.29 is 5.11 Å². The first-order chi connectivity index (χ1) is 9.13. The maximum Gasteiger partial charge on any atom is 0.101 e. The van der Waals surface area contributed by atoms with Gasteiger partial charge in [-0.15, -0.1) is 0 Å². The fourth-order valence-electron chi connectivity index (χ4n) is 3.16. The number of hydrogen-bond donors (Lipinski definition) is 1. The number of hydrogen-bond acceptors (Lipinski definition) is 3. The van der Waals surface area contributed by atoms with Crippen LogP contribution in [0.25, 0.3) is 0 Å². The summed E-state index contributed by atoms with van der Waals surface area (Å²) in [5.41, 5.74) is 1.13. The van der Waals surface area contributed by atoms with Crippen LogP contribution in [0.15, 0.2) is 6.20 Å². The monoisotopic (exact) mass is 261 g/mol. The third-order valence-electron chi connectivity index (χ3n) is 4.31. The molecule has 1 fully saturated rings. The lowest BCUT2D eigenvalue weighted by Crippen LogP contribution is -2.27. The molecule has 1 atom stereocenters. The number of aryl methyl sites for hydroxylation is 2. The number of aromatic nitrogens is 2. The normalized spacial score (nSPS) is 20.5. The van der Waals surface area contributed by atoms with Gasteiger partial charge in [-0.1, -0.05) is 32.6 Å². The maximum atomic E-state index is 10.8. The number of aliphatic hydroxyl groups excluding tert-OH is 1. The third-order valence-corrected chi connectivity index (χ3v) is 4.31. The van der Waals surface area contributed by atoms with E-state index in [1.807, 2.05) is 20.2 Å². The van der Waals surface area contributed by atoms with Crippen molar-refractivity contribution in [1.82, 2.24) is 9.78 Å². The van der Waals surface area contributed by atoms with Gasteiger partial charge >= 0.3 is 0 Å². The number of rotatable bonds is 3. The molecule has 0 radical (unpaired) electrons. The van der Waals surface area contributed by atoms with Gasteiger partial charge in [0.15, 0.2) is 0 Å². The summed E-state index contributed by atoms with van der Waals surface area (Å²) < 4.78 is 1.74. The molecule has 4 heteroatoms. The number of nitrogens with zero attached hydrogens (tertiary/aromatic N) is 3. The molecule has 1 aromatic heterocycles. The van der Waals surface area contributed by atoms with Gasteiger partial charge in [-0.2, -0.15) is 10.4 Å². The first kappa shape index (κ1) is 14.1. The average Bonchev–Trinajstić information content (AvgIpc) is 2.64. The molecule has 1 unspecified atom stereocenters. The molecule has 104 valence electrons. The summed E-state index contributed by atoms with van der Waals surface area (Å²) in [6.07, 6.45) is 7.94. The Balaban J connectivity index is 2.34. The largest absolute Gasteiger partial charge is 0.387 e. The summed E-state index contributed by atoms with van der Waals surface area (Å²) in [5.74, 6) is 0. The van der Waals surface area contributed by atoms with Crippen LogP contribution >= 0.6 is 0 Å². The standard InChI is InChI=1S/C15H23N3O/c1-3-13-12(10-18(2)17-13)14(19)15(11-16)8-6-4-5-7-9-15/h10,14,19H,3-9H2,1-2H3. The van der Waals surface area contributed by atoms with Gasteiger partial charge in [0.2, 0.25) is 0 Å². The van der Waals surface area contributed by atoms with E-state index in [0.29, 0.717) is 0 Å². The second-order valence-corrected chi connectivity index (χ2v) is 5.64. The van der Waals surface area contributed by atoms with E-state index >= 15 is 0 Å². The highest BCUT2D eigenvalue weighted by Crippen LogP contribution is 2.45. The van der Waals surface area contributed by atoms with E-state index in [9.17, 15) is 10.4 Å². The minimum absolute atomic E-state index is 0.622. The second kappa shape index (κ2) is 5.75. The predicted molar refractivity (Wildman–Crippen MR) is 73.3 cm³/mol. The smallest absolute Gasteiger partial charge is 0.101 e. The molecule has 2 rings (SSSR count). The number of nitriles is 1. The molecule has 1 N–H and O–H groups in total. The molecule has 1 heterocycles. The van der Waals surface area contributed by atoms with Crippen molar-refractivity contribution in [3.63, 3.8) is 0 Å². The Bertz CT molecular complexity index is 464. The van der Waals surface area contributed by atoms with Gasteiger partial charge in [-0.3, -0.25) is 4.68 Å². The molecule has 0 aliphatic heterocycles. The highest BCUT2D eigenvalue weighted by atomic mass is 16.3. The van der Waals surface area contributed by atoms with Crippen molar-refractivity contribution in [1.29, 1.82) is 5.26 Å². The van der Waals surface area contributed by atoms with Gasteiger partial charge in [0.05, 0.1) is 17.2 Å². The van der Waals surface area contributed by atoms with Crippen molar-refractivity contribution in [2.75, 3.05) is 0 Å². The van der Waals surface area contributed by atoms with Crippen LogP contribution in [0.4, 0.5) is 0 Å². The first-order valence-corrected chi connectivity index (χ1v) is 7.24. The van der Waals surface area contributed by atoms with Crippen molar-refractivity contribution in [3.05, 3.63) is 17.5 Å². The van der Waals surface area contributed by atoms with Gasteiger partial charge in [0, 0.05) is 18.8 Å². The maximum absolute atomic E-state index is 10.8. The van der Waals surface area contributed by atoms with Crippen LogP contribution in [-0.2, 0) is 13.5 Å². The average molecular weight is 261 g/mol. The topological polar surface area (TPSA) is 61.8 Å². The molecule has 4 nitrogen and oxygen atoms in total. The molecule has 1 saturated carbocycles. The van der Waals surface area contributed by atoms with Crippen LogP contribution in [0.2, 0.25) is 0 Å². The Morgan fingerprint density at radius 2 is 2.05 bits per heavy atom. The van der Waals surface area contributed by atoms with E-state index in [0.717, 1.165) is 43.4 Å². The van der Waals surface area contributed by atoms with E-state index in [-0.39, 0.29) is 0 Å². The van der Waals surface area contributed by atoms with E-state index in [1.165, 1.54) is 12.8 Å². The summed E-state index contributed by atoms with van der Waals surface area (Å²) >= 11 is 0. The minimum Gasteiger partial charge on any atom is -0.387 e. The Morgan fingerprint density at radius 1 is 1.42 bits per heavy atom. The molecule has 1 aromatic rings. The van der Waals surface area contributed by atoms with Gasteiger partial charge < -0.3 is 5.11 Å². The molecular formula is C15H23N3O. The number of aliphatic hydroxyl groups is 1. The van der Waals surface area contributed by atoms with E-state index in [1.54, 1.807) is 4.68 Å². The Labute approximate surface area is 115 Å². The highest BCUT2D eigenvalue weighted by Gasteiger charge is 2.40. The van der Waals surface area contributed by atoms with Crippen molar-refractivity contribution >= 4 is 0 Å². The van der Waals surface area contributed by atoms with Crippen LogP contribution in [0.1, 0.15) is 62.8 Å². The Kier molecular flexibility index (Phi) is 4.26. The molecule has 0 aromatic carbocycles. The van der Waals surface area contributed by atoms with Gasteiger partial charge in [-0.05, 0) is 19.3 Å². The van der Waals surface area contributed by atoms with Gasteiger partial charge in [-0.25, -0.2) is 0 Å². The van der Waals surface area contributed by atoms with Crippen LogP contribution in [0, 0.1) is 16.7 Å². The van der Waals surface area contributed by atoms with E-state index < -0.39 is 11.5 Å². The predicted octanol–water partition coefficient (Wildman–Crippen LogP) is 2.88. The zero-order valence-corrected chi connectivity index (χ0v) is 11.9. The Hall–Kier alpha value is -1.34. The quantitative estimate of drug-likeness (QED) is 0.851. The summed E-state index contributed by atoms with van der Waals surface area (Å²) in [7, 11) is 1.86. The van der Waals surface area contributed by atoms with Gasteiger partial charge in [0.25, 0.3) is 0 Å². The summed E-state index contributed by atoms with van der Waals surface area (Å²) in [5, 5.41) is 24.8. The summed E-state index contributed by atoms with van der Waals surface area (Å²) in [4.78, 5) is 0. The second-order valence-electron chi connectivity index (χ2n) is 5.64. The molecule has 1 aliphatic carbocycles. The molecule has 0 spiro atoms. The lowest BCUT2D eigenvalue weighted by molar-refractivity contribution is 0.0509. The fraction of sp³-hybridized carbons (Fsp3) is 0.733. The lowest BCUT2D eigenvalue weighted by Gasteiger charge is -2.30. The van der Waals surface area contributed by atoms with Crippen molar-refractivity contribution in [3.8, 4) is 6.07 Å². The molecule has 0 amide bonds. The van der Waals surface area contributed by atoms with E-state index in [4.69, 9.17) is 0 Å². The summed E-state index contributed by atoms with van der Waals surface area (Å²) in [6.45, 7) is 2.03.